The highest BCUT2D eigenvalue weighted by Gasteiger charge is 2.46. The lowest BCUT2D eigenvalue weighted by Crippen LogP contribution is -2.62. The molecule has 3 fully saturated rings. The largest absolute Gasteiger partial charge is 0.497 e. The van der Waals surface area contributed by atoms with E-state index in [1.165, 1.54) is 61.6 Å². The summed E-state index contributed by atoms with van der Waals surface area (Å²) in [5.41, 5.74) is 0.572. The summed E-state index contributed by atoms with van der Waals surface area (Å²) < 4.78 is 17.3. The molecule has 1 aromatic rings. The molecule has 0 aliphatic carbocycles. The number of hydrogen-bond donors (Lipinski definition) is 5. The monoisotopic (exact) mass is 1130 g/mol. The summed E-state index contributed by atoms with van der Waals surface area (Å²) >= 11 is 0. The maximum Gasteiger partial charge on any atom is 0.329 e. The van der Waals surface area contributed by atoms with E-state index in [0.717, 1.165) is 0 Å². The highest BCUT2D eigenvalue weighted by atomic mass is 16.6. The van der Waals surface area contributed by atoms with E-state index in [1.54, 1.807) is 52.0 Å². The molecule has 0 saturated carbocycles. The topological polar surface area (TPSA) is 288 Å². The molecule has 22 heteroatoms. The number of cyclic esters (lactones) is 2. The normalized spacial score (nSPS) is 27.8. The molecular weight excluding hydrogens is 1030 g/mol. The number of fused-ring (bicyclic) bond motifs is 1. The Morgan fingerprint density at radius 2 is 1.46 bits per heavy atom. The fourth-order valence-electron chi connectivity index (χ4n) is 10.7. The molecule has 3 heterocycles. The van der Waals surface area contributed by atoms with Crippen molar-refractivity contribution in [3.63, 3.8) is 0 Å². The van der Waals surface area contributed by atoms with E-state index in [4.69, 9.17) is 14.2 Å². The van der Waals surface area contributed by atoms with Crippen LogP contribution < -0.4 is 20.7 Å². The van der Waals surface area contributed by atoms with Gasteiger partial charge in [-0.2, -0.15) is 0 Å². The van der Waals surface area contributed by atoms with Gasteiger partial charge in [0.1, 0.15) is 54.2 Å². The fraction of sp³-hybridized carbons (Fsp3) is 0.724. The first-order chi connectivity index (χ1) is 37.6. The number of methoxy groups -OCH3 is 1. The summed E-state index contributed by atoms with van der Waals surface area (Å²) in [6.07, 6.45) is -4.63. The molecule has 0 radical (unpaired) electrons. The first-order valence-corrected chi connectivity index (χ1v) is 28.6. The first kappa shape index (κ1) is 66.4. The number of Topliss-reactive ketones (excluding diaryl/α,β-unsaturated/α-hetero) is 1. The van der Waals surface area contributed by atoms with Crippen LogP contribution >= 0.6 is 0 Å². The zero-order valence-electron chi connectivity index (χ0n) is 49.5. The number of hydrogen-bond acceptors (Lipinski definition) is 15. The van der Waals surface area contributed by atoms with Crippen molar-refractivity contribution in [3.8, 4) is 5.75 Å². The van der Waals surface area contributed by atoms with Gasteiger partial charge >= 0.3 is 11.9 Å². The maximum atomic E-state index is 15.0. The van der Waals surface area contributed by atoms with Crippen molar-refractivity contribution >= 4 is 59.1 Å². The Bertz CT molecular complexity index is 2350. The van der Waals surface area contributed by atoms with Gasteiger partial charge in [0.05, 0.1) is 31.6 Å². The van der Waals surface area contributed by atoms with Crippen LogP contribution in [0.1, 0.15) is 140 Å². The van der Waals surface area contributed by atoms with E-state index in [0.29, 0.717) is 37.0 Å². The van der Waals surface area contributed by atoms with E-state index in [9.17, 15) is 53.4 Å². The minimum absolute atomic E-state index is 0.0723. The SMILES string of the molecule is CCC(C)C1OC(=O)CC(O)C(C(C)CC)NC(=O)C(NC(=O)C(CC(C)C)N(C)C(=O)C2CCCN2C(=O)C(C)O)C(C)OC(=O)C(Cc2ccc(OC)cc2)N(C)C(=O)C2CCCN2C(=O)C(CC(C)C)NC(=O)C(C)C1=O. The van der Waals surface area contributed by atoms with Crippen LogP contribution in [0.4, 0.5) is 0 Å². The number of ketones is 1. The Labute approximate surface area is 472 Å². The Balaban J connectivity index is 1.90. The Morgan fingerprint density at radius 3 is 2.04 bits per heavy atom. The quantitative estimate of drug-likeness (QED) is 0.118. The molecule has 4 rings (SSSR count). The van der Waals surface area contributed by atoms with E-state index >= 15 is 4.79 Å². The van der Waals surface area contributed by atoms with Gasteiger partial charge in [0.2, 0.25) is 35.4 Å². The fourth-order valence-corrected chi connectivity index (χ4v) is 10.7. The Hall–Kier alpha value is -6.16. The molecular formula is C58H91N7O15. The standard InChI is InChI=1S/C58H91N7O15/c1-15-33(7)47-45(67)30-46(68)80-50(34(8)16-2)49(69)35(9)51(70)59-40(27-31(3)4)55(74)65-26-18-20-42(65)57(76)63(13)44(29-38-21-23-39(78-14)24-22-38)58(77)79-37(11)48(53(72)60-47)61-52(71)43(28-32(5)6)62(12)56(75)41-19-17-25-64(41)54(73)36(10)66/h21-24,31-37,40-45,47-48,50,66-67H,15-20,25-30H2,1-14H3,(H,59,70)(H,60,72)(H,61,71). The number of carbonyl (C=O) groups excluding carboxylic acids is 10. The zero-order valence-corrected chi connectivity index (χ0v) is 49.5. The molecule has 1 aromatic carbocycles. The number of ether oxygens (including phenoxy) is 3. The molecule has 7 amide bonds. The summed E-state index contributed by atoms with van der Waals surface area (Å²) in [5, 5.41) is 30.3. The Morgan fingerprint density at radius 1 is 0.838 bits per heavy atom. The average Bonchev–Trinajstić information content (AvgIpc) is 4.18. The predicted octanol–water partition coefficient (Wildman–Crippen LogP) is 2.71. The number of aliphatic hydroxyl groups excluding tert-OH is 2. The number of amides is 7. The summed E-state index contributed by atoms with van der Waals surface area (Å²) in [6.45, 7) is 18.7. The van der Waals surface area contributed by atoms with E-state index < -0.39 is 150 Å². The minimum Gasteiger partial charge on any atom is -0.497 e. The third-order valence-corrected chi connectivity index (χ3v) is 16.0. The molecule has 448 valence electrons. The highest BCUT2D eigenvalue weighted by Crippen LogP contribution is 2.28. The predicted molar refractivity (Wildman–Crippen MR) is 295 cm³/mol. The first-order valence-electron chi connectivity index (χ1n) is 28.6. The van der Waals surface area contributed by atoms with Crippen molar-refractivity contribution in [2.24, 2.45) is 29.6 Å². The van der Waals surface area contributed by atoms with E-state index in [1.807, 2.05) is 27.7 Å². The Kier molecular flexibility index (Phi) is 24.9. The van der Waals surface area contributed by atoms with Crippen LogP contribution in [-0.4, -0.2) is 190 Å². The van der Waals surface area contributed by atoms with Gasteiger partial charge in [0, 0.05) is 39.5 Å². The highest BCUT2D eigenvalue weighted by molar-refractivity contribution is 6.05. The van der Waals surface area contributed by atoms with Gasteiger partial charge in [-0.05, 0) is 101 Å². The van der Waals surface area contributed by atoms with Crippen LogP contribution in [-0.2, 0) is 63.8 Å². The number of carbonyl (C=O) groups is 10. The number of nitrogens with one attached hydrogen (secondary N) is 3. The minimum atomic E-state index is -1.76. The number of benzene rings is 1. The smallest absolute Gasteiger partial charge is 0.329 e. The van der Waals surface area contributed by atoms with Gasteiger partial charge in [0.25, 0.3) is 5.91 Å². The molecule has 0 bridgehead atoms. The van der Waals surface area contributed by atoms with Crippen molar-refractivity contribution in [1.29, 1.82) is 0 Å². The molecule has 5 N–H and O–H groups in total. The van der Waals surface area contributed by atoms with Gasteiger partial charge < -0.3 is 60.0 Å². The number of likely N-dealkylation sites (tertiary alicyclic amines) is 1. The second-order valence-electron chi connectivity index (χ2n) is 23.1. The summed E-state index contributed by atoms with van der Waals surface area (Å²) in [7, 11) is 4.30. The molecule has 3 aliphatic heterocycles. The molecule has 80 heavy (non-hydrogen) atoms. The second-order valence-corrected chi connectivity index (χ2v) is 23.1. The van der Waals surface area contributed by atoms with Crippen LogP contribution in [0.5, 0.6) is 5.75 Å². The summed E-state index contributed by atoms with van der Waals surface area (Å²) in [4.78, 5) is 149. The van der Waals surface area contributed by atoms with Crippen LogP contribution in [0.2, 0.25) is 0 Å². The van der Waals surface area contributed by atoms with Crippen LogP contribution in [0.3, 0.4) is 0 Å². The van der Waals surface area contributed by atoms with E-state index in [2.05, 4.69) is 16.0 Å². The van der Waals surface area contributed by atoms with Gasteiger partial charge in [-0.15, -0.1) is 0 Å². The summed E-state index contributed by atoms with van der Waals surface area (Å²) in [6, 6.07) is -2.18. The number of aliphatic hydroxyl groups is 2. The third kappa shape index (κ3) is 17.0. The lowest BCUT2D eigenvalue weighted by atomic mass is 9.90. The molecule has 3 aliphatic rings. The van der Waals surface area contributed by atoms with Crippen molar-refractivity contribution in [3.05, 3.63) is 29.8 Å². The maximum absolute atomic E-state index is 15.0. The lowest BCUT2D eigenvalue weighted by molar-refractivity contribution is -0.163. The van der Waals surface area contributed by atoms with Crippen molar-refractivity contribution < 1.29 is 72.4 Å². The van der Waals surface area contributed by atoms with Crippen molar-refractivity contribution in [2.75, 3.05) is 34.3 Å². The van der Waals surface area contributed by atoms with Gasteiger partial charge in [-0.25, -0.2) is 4.79 Å². The van der Waals surface area contributed by atoms with Gasteiger partial charge in [-0.1, -0.05) is 73.9 Å². The number of esters is 2. The third-order valence-electron chi connectivity index (χ3n) is 16.0. The molecule has 14 unspecified atom stereocenters. The second kappa shape index (κ2) is 30.1. The van der Waals surface area contributed by atoms with E-state index in [-0.39, 0.29) is 57.0 Å². The molecule has 22 nitrogen and oxygen atoms in total. The van der Waals surface area contributed by atoms with Crippen molar-refractivity contribution in [2.45, 2.75) is 207 Å². The van der Waals surface area contributed by atoms with Crippen LogP contribution in [0.25, 0.3) is 0 Å². The molecule has 14 atom stereocenters. The molecule has 0 spiro atoms. The lowest BCUT2D eigenvalue weighted by Gasteiger charge is -2.36. The zero-order chi connectivity index (χ0) is 60.0. The number of nitrogens with zero attached hydrogens (tertiary/aromatic N) is 4. The number of likely N-dealkylation sites (N-methyl/N-ethyl adjacent to an activating group) is 2. The summed E-state index contributed by atoms with van der Waals surface area (Å²) in [5.74, 6) is -10.2. The molecule has 3 saturated heterocycles. The van der Waals surface area contributed by atoms with Crippen LogP contribution in [0, 0.1) is 29.6 Å². The van der Waals surface area contributed by atoms with Crippen LogP contribution in [0.15, 0.2) is 24.3 Å². The van der Waals surface area contributed by atoms with Gasteiger partial charge in [-0.3, -0.25) is 43.2 Å². The van der Waals surface area contributed by atoms with Gasteiger partial charge in [0.15, 0.2) is 11.9 Å². The number of rotatable bonds is 16. The molecule has 0 aromatic heterocycles. The average molecular weight is 1130 g/mol. The van der Waals surface area contributed by atoms with Crippen molar-refractivity contribution in [1.82, 2.24) is 35.6 Å².